The Bertz CT molecular complexity index is 733. The standard InChI is InChI=1S/C13H11Cl2N3O/c1-2-12-16-13(19-17-12)7-18-4-3-9-10(15)5-8(14)6-11(9)18/h3-6H,2,7H2,1H3. The van der Waals surface area contributed by atoms with E-state index in [0.29, 0.717) is 28.3 Å². The fourth-order valence-corrected chi connectivity index (χ4v) is 2.55. The molecule has 0 saturated heterocycles. The first-order valence-corrected chi connectivity index (χ1v) is 6.68. The van der Waals surface area contributed by atoms with Crippen molar-refractivity contribution in [2.24, 2.45) is 0 Å². The summed E-state index contributed by atoms with van der Waals surface area (Å²) in [6.45, 7) is 2.49. The summed E-state index contributed by atoms with van der Waals surface area (Å²) in [4.78, 5) is 4.29. The Hall–Kier alpha value is -1.52. The van der Waals surface area contributed by atoms with Gasteiger partial charge in [0.1, 0.15) is 6.54 Å². The molecule has 0 spiro atoms. The van der Waals surface area contributed by atoms with E-state index in [-0.39, 0.29) is 0 Å². The van der Waals surface area contributed by atoms with E-state index in [1.54, 1.807) is 6.07 Å². The lowest BCUT2D eigenvalue weighted by atomic mass is 10.2. The van der Waals surface area contributed by atoms with Crippen molar-refractivity contribution < 1.29 is 4.52 Å². The lowest BCUT2D eigenvalue weighted by molar-refractivity contribution is 0.368. The number of fused-ring (bicyclic) bond motifs is 1. The highest BCUT2D eigenvalue weighted by Gasteiger charge is 2.10. The molecule has 19 heavy (non-hydrogen) atoms. The number of aromatic nitrogens is 3. The molecule has 3 aromatic rings. The SMILES string of the molecule is CCc1noc(Cn2ccc3c(Cl)cc(Cl)cc32)n1. The van der Waals surface area contributed by atoms with E-state index in [0.717, 1.165) is 17.3 Å². The smallest absolute Gasteiger partial charge is 0.246 e. The highest BCUT2D eigenvalue weighted by molar-refractivity contribution is 6.38. The fourth-order valence-electron chi connectivity index (χ4n) is 2.00. The summed E-state index contributed by atoms with van der Waals surface area (Å²) in [5.74, 6) is 1.29. The van der Waals surface area contributed by atoms with Crippen LogP contribution >= 0.6 is 23.2 Å². The molecule has 0 fully saturated rings. The van der Waals surface area contributed by atoms with Gasteiger partial charge in [-0.2, -0.15) is 4.98 Å². The van der Waals surface area contributed by atoms with E-state index in [4.69, 9.17) is 27.7 Å². The minimum Gasteiger partial charge on any atom is -0.338 e. The molecule has 0 aliphatic heterocycles. The predicted molar refractivity (Wildman–Crippen MR) is 74.7 cm³/mol. The third-order valence-corrected chi connectivity index (χ3v) is 3.47. The molecule has 3 rings (SSSR count). The zero-order valence-corrected chi connectivity index (χ0v) is 11.7. The maximum Gasteiger partial charge on any atom is 0.246 e. The van der Waals surface area contributed by atoms with Crippen LogP contribution in [0.1, 0.15) is 18.6 Å². The number of rotatable bonds is 3. The molecule has 2 heterocycles. The van der Waals surface area contributed by atoms with Crippen molar-refractivity contribution >= 4 is 34.1 Å². The van der Waals surface area contributed by atoms with Gasteiger partial charge in [0.15, 0.2) is 5.82 Å². The van der Waals surface area contributed by atoms with Gasteiger partial charge in [0.2, 0.25) is 5.89 Å². The van der Waals surface area contributed by atoms with Crippen LogP contribution < -0.4 is 0 Å². The maximum atomic E-state index is 6.16. The number of halogens is 2. The van der Waals surface area contributed by atoms with E-state index in [1.807, 2.05) is 29.8 Å². The average molecular weight is 296 g/mol. The number of nitrogens with zero attached hydrogens (tertiary/aromatic N) is 3. The summed E-state index contributed by atoms with van der Waals surface area (Å²) >= 11 is 12.2. The van der Waals surface area contributed by atoms with E-state index in [1.165, 1.54) is 0 Å². The first-order chi connectivity index (χ1) is 9.17. The predicted octanol–water partition coefficient (Wildman–Crippen LogP) is 3.94. The normalized spacial score (nSPS) is 11.3. The van der Waals surface area contributed by atoms with Crippen LogP contribution in [0.25, 0.3) is 10.9 Å². The molecule has 0 saturated carbocycles. The highest BCUT2D eigenvalue weighted by Crippen LogP contribution is 2.29. The molecule has 1 aromatic carbocycles. The Morgan fingerprint density at radius 2 is 2.16 bits per heavy atom. The van der Waals surface area contributed by atoms with Gasteiger partial charge in [-0.05, 0) is 18.2 Å². The molecule has 0 bridgehead atoms. The molecular weight excluding hydrogens is 285 g/mol. The second-order valence-corrected chi connectivity index (χ2v) is 5.07. The van der Waals surface area contributed by atoms with Crippen molar-refractivity contribution in [3.8, 4) is 0 Å². The summed E-state index contributed by atoms with van der Waals surface area (Å²) in [5.41, 5.74) is 0.953. The Labute approximate surface area is 119 Å². The lowest BCUT2D eigenvalue weighted by Gasteiger charge is -2.03. The van der Waals surface area contributed by atoms with E-state index >= 15 is 0 Å². The Kier molecular flexibility index (Phi) is 3.21. The van der Waals surface area contributed by atoms with Crippen molar-refractivity contribution in [1.82, 2.24) is 14.7 Å². The first-order valence-electron chi connectivity index (χ1n) is 5.92. The molecule has 0 unspecified atom stereocenters. The third-order valence-electron chi connectivity index (χ3n) is 2.94. The molecule has 4 nitrogen and oxygen atoms in total. The van der Waals surface area contributed by atoms with Gasteiger partial charge >= 0.3 is 0 Å². The van der Waals surface area contributed by atoms with Crippen molar-refractivity contribution in [3.63, 3.8) is 0 Å². The molecule has 0 atom stereocenters. The molecule has 98 valence electrons. The fraction of sp³-hybridized carbons (Fsp3) is 0.231. The summed E-state index contributed by atoms with van der Waals surface area (Å²) in [5, 5.41) is 6.09. The summed E-state index contributed by atoms with van der Waals surface area (Å²) in [6.07, 6.45) is 2.69. The number of benzene rings is 1. The minimum atomic E-state index is 0.507. The van der Waals surface area contributed by atoms with Crippen molar-refractivity contribution in [1.29, 1.82) is 0 Å². The Morgan fingerprint density at radius 1 is 1.32 bits per heavy atom. The van der Waals surface area contributed by atoms with Crippen LogP contribution in [0.4, 0.5) is 0 Å². The van der Waals surface area contributed by atoms with Gasteiger partial charge in [0.05, 0.1) is 10.5 Å². The molecule has 0 amide bonds. The zero-order valence-electron chi connectivity index (χ0n) is 10.2. The van der Waals surface area contributed by atoms with Crippen LogP contribution in [-0.2, 0) is 13.0 Å². The maximum absolute atomic E-state index is 6.16. The quantitative estimate of drug-likeness (QED) is 0.735. The van der Waals surface area contributed by atoms with Gasteiger partial charge in [-0.25, -0.2) is 0 Å². The van der Waals surface area contributed by atoms with Gasteiger partial charge < -0.3 is 9.09 Å². The van der Waals surface area contributed by atoms with Crippen molar-refractivity contribution in [2.75, 3.05) is 0 Å². The van der Waals surface area contributed by atoms with Crippen LogP contribution in [0.2, 0.25) is 10.0 Å². The van der Waals surface area contributed by atoms with Crippen LogP contribution in [-0.4, -0.2) is 14.7 Å². The molecule has 6 heteroatoms. The third kappa shape index (κ3) is 2.33. The topological polar surface area (TPSA) is 43.9 Å². The van der Waals surface area contributed by atoms with Crippen LogP contribution in [0.3, 0.4) is 0 Å². The van der Waals surface area contributed by atoms with Crippen molar-refractivity contribution in [3.05, 3.63) is 46.2 Å². The molecular formula is C13H11Cl2N3O. The molecule has 0 radical (unpaired) electrons. The molecule has 0 aliphatic rings. The first kappa shape index (κ1) is 12.5. The number of aryl methyl sites for hydroxylation is 1. The molecule has 2 aromatic heterocycles. The highest BCUT2D eigenvalue weighted by atomic mass is 35.5. The summed E-state index contributed by atoms with van der Waals surface area (Å²) in [6, 6.07) is 5.56. The second kappa shape index (κ2) is 4.87. The van der Waals surface area contributed by atoms with Crippen LogP contribution in [0, 0.1) is 0 Å². The van der Waals surface area contributed by atoms with Gasteiger partial charge in [-0.15, -0.1) is 0 Å². The van der Waals surface area contributed by atoms with Crippen LogP contribution in [0.5, 0.6) is 0 Å². The van der Waals surface area contributed by atoms with E-state index in [2.05, 4.69) is 10.1 Å². The van der Waals surface area contributed by atoms with E-state index in [9.17, 15) is 0 Å². The number of hydrogen-bond acceptors (Lipinski definition) is 3. The van der Waals surface area contributed by atoms with Gasteiger partial charge in [-0.3, -0.25) is 0 Å². The van der Waals surface area contributed by atoms with Gasteiger partial charge in [0, 0.05) is 23.0 Å². The van der Waals surface area contributed by atoms with Gasteiger partial charge in [0.25, 0.3) is 0 Å². The summed E-state index contributed by atoms with van der Waals surface area (Å²) in [7, 11) is 0. The summed E-state index contributed by atoms with van der Waals surface area (Å²) < 4.78 is 7.18. The number of hydrogen-bond donors (Lipinski definition) is 0. The largest absolute Gasteiger partial charge is 0.338 e. The zero-order chi connectivity index (χ0) is 13.4. The van der Waals surface area contributed by atoms with Gasteiger partial charge in [-0.1, -0.05) is 35.3 Å². The monoisotopic (exact) mass is 295 g/mol. The molecule has 0 aliphatic carbocycles. The van der Waals surface area contributed by atoms with Crippen LogP contribution in [0.15, 0.2) is 28.9 Å². The molecule has 0 N–H and O–H groups in total. The minimum absolute atomic E-state index is 0.507. The Balaban J connectivity index is 2.01. The lowest BCUT2D eigenvalue weighted by Crippen LogP contribution is -1.98. The van der Waals surface area contributed by atoms with Crippen molar-refractivity contribution in [2.45, 2.75) is 19.9 Å². The van der Waals surface area contributed by atoms with E-state index < -0.39 is 0 Å². The Morgan fingerprint density at radius 3 is 2.89 bits per heavy atom. The average Bonchev–Trinajstić information content (AvgIpc) is 2.97. The second-order valence-electron chi connectivity index (χ2n) is 4.22.